The van der Waals surface area contributed by atoms with E-state index in [0.29, 0.717) is 17.9 Å². The van der Waals surface area contributed by atoms with Crippen molar-refractivity contribution < 1.29 is 0 Å². The van der Waals surface area contributed by atoms with E-state index in [0.717, 1.165) is 22.2 Å². The molecule has 0 aliphatic carbocycles. The zero-order valence-corrected chi connectivity index (χ0v) is 13.9. The van der Waals surface area contributed by atoms with Crippen LogP contribution in [0, 0.1) is 5.92 Å². The zero-order valence-electron chi connectivity index (χ0n) is 12.3. The molecule has 1 rings (SSSR count). The number of halogens is 2. The minimum atomic E-state index is 0.364. The van der Waals surface area contributed by atoms with Crippen LogP contribution in [0.4, 0.5) is 0 Å². The Balaban J connectivity index is 3.00. The number of hydrogen-bond donors (Lipinski definition) is 1. The van der Waals surface area contributed by atoms with E-state index >= 15 is 0 Å². The first-order chi connectivity index (χ1) is 8.97. The van der Waals surface area contributed by atoms with Crippen LogP contribution < -0.4 is 5.32 Å². The summed E-state index contributed by atoms with van der Waals surface area (Å²) < 4.78 is 0. The van der Waals surface area contributed by atoms with E-state index in [1.54, 1.807) is 0 Å². The lowest BCUT2D eigenvalue weighted by molar-refractivity contribution is 0.392. The monoisotopic (exact) mass is 301 g/mol. The van der Waals surface area contributed by atoms with Crippen molar-refractivity contribution in [2.45, 2.75) is 52.5 Å². The molecule has 0 aromatic heterocycles. The molecule has 0 fully saturated rings. The highest BCUT2D eigenvalue weighted by Gasteiger charge is 2.23. The maximum atomic E-state index is 6.37. The molecule has 19 heavy (non-hydrogen) atoms. The molecule has 1 N–H and O–H groups in total. The number of benzene rings is 1. The Morgan fingerprint density at radius 2 is 1.68 bits per heavy atom. The van der Waals surface area contributed by atoms with Gasteiger partial charge in [-0.1, -0.05) is 69.8 Å². The van der Waals surface area contributed by atoms with Crippen molar-refractivity contribution in [2.75, 3.05) is 6.54 Å². The molecule has 0 radical (unpaired) electrons. The lowest BCUT2D eigenvalue weighted by Crippen LogP contribution is -2.31. The molecule has 0 heterocycles. The molecule has 0 aliphatic rings. The van der Waals surface area contributed by atoms with Crippen LogP contribution in [0.15, 0.2) is 18.2 Å². The Labute approximate surface area is 127 Å². The fourth-order valence-electron chi connectivity index (χ4n) is 2.47. The molecule has 108 valence electrons. The minimum Gasteiger partial charge on any atom is -0.314 e. The fraction of sp³-hybridized carbons (Fsp3) is 0.625. The summed E-state index contributed by atoms with van der Waals surface area (Å²) in [5, 5.41) is 5.09. The van der Waals surface area contributed by atoms with E-state index in [2.05, 4.69) is 33.0 Å². The van der Waals surface area contributed by atoms with Crippen LogP contribution in [-0.2, 0) is 0 Å². The first-order valence-corrected chi connectivity index (χ1v) is 7.90. The van der Waals surface area contributed by atoms with Crippen molar-refractivity contribution in [3.8, 4) is 0 Å². The fourth-order valence-corrected chi connectivity index (χ4v) is 3.15. The second-order valence-corrected chi connectivity index (χ2v) is 6.39. The van der Waals surface area contributed by atoms with Gasteiger partial charge in [0, 0.05) is 28.5 Å². The molecule has 2 atom stereocenters. The van der Waals surface area contributed by atoms with Crippen LogP contribution >= 0.6 is 23.2 Å². The van der Waals surface area contributed by atoms with Crippen molar-refractivity contribution in [2.24, 2.45) is 5.92 Å². The van der Waals surface area contributed by atoms with Gasteiger partial charge in [0.2, 0.25) is 0 Å². The smallest absolute Gasteiger partial charge is 0.0456 e. The third-order valence-corrected chi connectivity index (χ3v) is 4.21. The van der Waals surface area contributed by atoms with Crippen LogP contribution in [0.25, 0.3) is 0 Å². The highest BCUT2D eigenvalue weighted by molar-refractivity contribution is 6.36. The van der Waals surface area contributed by atoms with Crippen molar-refractivity contribution in [1.82, 2.24) is 5.32 Å². The van der Waals surface area contributed by atoms with Gasteiger partial charge in [0.15, 0.2) is 0 Å². The molecular weight excluding hydrogens is 277 g/mol. The number of hydrogen-bond acceptors (Lipinski definition) is 1. The van der Waals surface area contributed by atoms with Gasteiger partial charge in [-0.15, -0.1) is 0 Å². The van der Waals surface area contributed by atoms with Gasteiger partial charge in [-0.25, -0.2) is 0 Å². The van der Waals surface area contributed by atoms with E-state index in [1.165, 1.54) is 12.8 Å². The second kappa shape index (κ2) is 8.14. The largest absolute Gasteiger partial charge is 0.314 e. The summed E-state index contributed by atoms with van der Waals surface area (Å²) in [5.41, 5.74) is 1.10. The van der Waals surface area contributed by atoms with Crippen molar-refractivity contribution >= 4 is 23.2 Å². The summed E-state index contributed by atoms with van der Waals surface area (Å²) in [5.74, 6) is 0.928. The molecule has 0 amide bonds. The van der Waals surface area contributed by atoms with E-state index in [1.807, 2.05) is 18.2 Å². The summed E-state index contributed by atoms with van der Waals surface area (Å²) in [6.07, 6.45) is 2.37. The Morgan fingerprint density at radius 1 is 1.11 bits per heavy atom. The van der Waals surface area contributed by atoms with Crippen LogP contribution in [0.2, 0.25) is 10.0 Å². The van der Waals surface area contributed by atoms with Crippen molar-refractivity contribution in [3.63, 3.8) is 0 Å². The van der Waals surface area contributed by atoms with Crippen LogP contribution in [0.3, 0.4) is 0 Å². The SMILES string of the molecule is CCCC(C)C(CNC(C)C)c1c(Cl)cccc1Cl. The summed E-state index contributed by atoms with van der Waals surface area (Å²) in [7, 11) is 0. The van der Waals surface area contributed by atoms with E-state index in [4.69, 9.17) is 23.2 Å². The van der Waals surface area contributed by atoms with Crippen molar-refractivity contribution in [3.05, 3.63) is 33.8 Å². The normalized spacial score (nSPS) is 14.7. The molecule has 1 nitrogen and oxygen atoms in total. The first kappa shape index (κ1) is 16.8. The van der Waals surface area contributed by atoms with Gasteiger partial charge in [0.25, 0.3) is 0 Å². The number of rotatable bonds is 7. The Kier molecular flexibility index (Phi) is 7.20. The molecule has 1 aromatic carbocycles. The number of nitrogens with one attached hydrogen (secondary N) is 1. The third-order valence-electron chi connectivity index (χ3n) is 3.55. The Hall–Kier alpha value is -0.240. The minimum absolute atomic E-state index is 0.364. The zero-order chi connectivity index (χ0) is 14.4. The Bertz CT molecular complexity index is 370. The summed E-state index contributed by atoms with van der Waals surface area (Å²) in [6, 6.07) is 6.25. The average molecular weight is 302 g/mol. The molecule has 0 saturated carbocycles. The average Bonchev–Trinajstić information content (AvgIpc) is 2.32. The maximum absolute atomic E-state index is 6.37. The predicted molar refractivity (Wildman–Crippen MR) is 86.4 cm³/mol. The van der Waals surface area contributed by atoms with Gasteiger partial charge in [0.1, 0.15) is 0 Å². The van der Waals surface area contributed by atoms with E-state index < -0.39 is 0 Å². The maximum Gasteiger partial charge on any atom is 0.0456 e. The highest BCUT2D eigenvalue weighted by atomic mass is 35.5. The highest BCUT2D eigenvalue weighted by Crippen LogP contribution is 2.37. The summed E-state index contributed by atoms with van der Waals surface area (Å²) >= 11 is 12.7. The quantitative estimate of drug-likeness (QED) is 0.700. The van der Waals surface area contributed by atoms with E-state index in [-0.39, 0.29) is 0 Å². The second-order valence-electron chi connectivity index (χ2n) is 5.57. The summed E-state index contributed by atoms with van der Waals surface area (Å²) in [4.78, 5) is 0. The molecule has 3 heteroatoms. The predicted octanol–water partition coefficient (Wildman–Crippen LogP) is 5.51. The van der Waals surface area contributed by atoms with Gasteiger partial charge in [-0.05, 0) is 23.6 Å². The van der Waals surface area contributed by atoms with Gasteiger partial charge in [-0.2, -0.15) is 0 Å². The molecule has 1 aromatic rings. The third kappa shape index (κ3) is 4.98. The molecule has 0 aliphatic heterocycles. The summed E-state index contributed by atoms with van der Waals surface area (Å²) in [6.45, 7) is 9.75. The van der Waals surface area contributed by atoms with Crippen LogP contribution in [0.5, 0.6) is 0 Å². The Morgan fingerprint density at radius 3 is 2.16 bits per heavy atom. The topological polar surface area (TPSA) is 12.0 Å². The molecular formula is C16H25Cl2N. The van der Waals surface area contributed by atoms with Crippen molar-refractivity contribution in [1.29, 1.82) is 0 Å². The molecule has 0 saturated heterocycles. The van der Waals surface area contributed by atoms with Gasteiger partial charge in [0.05, 0.1) is 0 Å². The van der Waals surface area contributed by atoms with Crippen LogP contribution in [0.1, 0.15) is 52.0 Å². The van der Waals surface area contributed by atoms with Crippen LogP contribution in [-0.4, -0.2) is 12.6 Å². The van der Waals surface area contributed by atoms with Gasteiger partial charge in [-0.3, -0.25) is 0 Å². The molecule has 2 unspecified atom stereocenters. The van der Waals surface area contributed by atoms with Gasteiger partial charge >= 0.3 is 0 Å². The standard InChI is InChI=1S/C16H25Cl2N/c1-5-7-12(4)13(10-19-11(2)3)16-14(17)8-6-9-15(16)18/h6,8-9,11-13,19H,5,7,10H2,1-4H3. The first-order valence-electron chi connectivity index (χ1n) is 7.14. The van der Waals surface area contributed by atoms with Gasteiger partial charge < -0.3 is 5.32 Å². The molecule has 0 bridgehead atoms. The lowest BCUT2D eigenvalue weighted by Gasteiger charge is -2.27. The lowest BCUT2D eigenvalue weighted by atomic mass is 9.84. The van der Waals surface area contributed by atoms with E-state index in [9.17, 15) is 0 Å². The molecule has 0 spiro atoms.